The summed E-state index contributed by atoms with van der Waals surface area (Å²) in [6.07, 6.45) is 4.91. The third-order valence-electron chi connectivity index (χ3n) is 6.22. The van der Waals surface area contributed by atoms with Crippen LogP contribution in [0.5, 0.6) is 11.5 Å². The normalized spacial score (nSPS) is 24.2. The van der Waals surface area contributed by atoms with E-state index in [1.807, 2.05) is 18.2 Å². The molecule has 1 atom stereocenters. The van der Waals surface area contributed by atoms with E-state index in [0.29, 0.717) is 32.7 Å². The number of hydrogen-bond donors (Lipinski definition) is 1. The maximum Gasteiger partial charge on any atom is 0.238 e. The van der Waals surface area contributed by atoms with Crippen molar-refractivity contribution in [2.45, 2.75) is 43.6 Å². The van der Waals surface area contributed by atoms with Crippen LogP contribution in [0.15, 0.2) is 18.2 Å². The first-order valence-corrected chi connectivity index (χ1v) is 12.0. The van der Waals surface area contributed by atoms with Gasteiger partial charge in [-0.15, -0.1) is 0 Å². The minimum atomic E-state index is -3.42. The van der Waals surface area contributed by atoms with Crippen molar-refractivity contribution in [2.24, 2.45) is 0 Å². The molecule has 0 saturated carbocycles. The van der Waals surface area contributed by atoms with Crippen LogP contribution >= 0.6 is 0 Å². The quantitative estimate of drug-likeness (QED) is 0.768. The largest absolute Gasteiger partial charge is 0.454 e. The van der Waals surface area contributed by atoms with Gasteiger partial charge >= 0.3 is 0 Å². The van der Waals surface area contributed by atoms with Crippen LogP contribution in [0.4, 0.5) is 0 Å². The van der Waals surface area contributed by atoms with E-state index in [9.17, 15) is 13.2 Å². The van der Waals surface area contributed by atoms with Crippen LogP contribution in [-0.4, -0.2) is 64.0 Å². The Balaban J connectivity index is 1.52. The van der Waals surface area contributed by atoms with Crippen molar-refractivity contribution < 1.29 is 27.4 Å². The zero-order chi connectivity index (χ0) is 20.5. The number of hydrogen-bond acceptors (Lipinski definition) is 6. The highest BCUT2D eigenvalue weighted by atomic mass is 32.2. The molecule has 1 unspecified atom stereocenters. The average molecular weight is 425 g/mol. The van der Waals surface area contributed by atoms with Gasteiger partial charge in [-0.2, -0.15) is 4.31 Å². The third kappa shape index (κ3) is 4.22. The highest BCUT2D eigenvalue weighted by molar-refractivity contribution is 7.88. The zero-order valence-corrected chi connectivity index (χ0v) is 17.5. The van der Waals surface area contributed by atoms with Gasteiger partial charge in [-0.1, -0.05) is 12.5 Å². The van der Waals surface area contributed by atoms with E-state index in [-0.39, 0.29) is 18.1 Å². The summed E-state index contributed by atoms with van der Waals surface area (Å²) in [5.41, 5.74) is 0.799. The molecule has 0 aliphatic carbocycles. The van der Waals surface area contributed by atoms with Crippen LogP contribution in [0.25, 0.3) is 0 Å². The van der Waals surface area contributed by atoms with E-state index in [0.717, 1.165) is 42.7 Å². The Kier molecular flexibility index (Phi) is 5.72. The fourth-order valence-corrected chi connectivity index (χ4v) is 5.62. The molecule has 8 nitrogen and oxygen atoms in total. The minimum absolute atomic E-state index is 0.217. The summed E-state index contributed by atoms with van der Waals surface area (Å²) in [6, 6.07) is 5.29. The lowest BCUT2D eigenvalue weighted by Gasteiger charge is -2.39. The predicted octanol–water partition coefficient (Wildman–Crippen LogP) is 1.39. The number of carbonyl (C=O) groups excluding carboxylic acids is 1. The molecular formula is C20H28N2O6S. The van der Waals surface area contributed by atoms with Gasteiger partial charge in [0.15, 0.2) is 11.5 Å². The zero-order valence-electron chi connectivity index (χ0n) is 16.7. The van der Waals surface area contributed by atoms with E-state index in [1.165, 1.54) is 10.6 Å². The first kappa shape index (κ1) is 20.4. The molecule has 1 amide bonds. The van der Waals surface area contributed by atoms with Gasteiger partial charge < -0.3 is 19.5 Å². The van der Waals surface area contributed by atoms with E-state index in [2.05, 4.69) is 5.32 Å². The summed E-state index contributed by atoms with van der Waals surface area (Å²) in [4.78, 5) is 13.0. The smallest absolute Gasteiger partial charge is 0.238 e. The number of fused-ring (bicyclic) bond motifs is 1. The molecule has 0 spiro atoms. The van der Waals surface area contributed by atoms with Crippen LogP contribution in [0.3, 0.4) is 0 Å². The number of sulfonamides is 1. The Morgan fingerprint density at radius 2 is 1.97 bits per heavy atom. The van der Waals surface area contributed by atoms with Gasteiger partial charge in [-0.3, -0.25) is 4.79 Å². The lowest BCUT2D eigenvalue weighted by molar-refractivity contribution is -0.126. The Bertz CT molecular complexity index is 866. The van der Waals surface area contributed by atoms with Crippen LogP contribution in [-0.2, 0) is 25.0 Å². The highest BCUT2D eigenvalue weighted by Crippen LogP contribution is 2.40. The molecule has 0 aromatic heterocycles. The van der Waals surface area contributed by atoms with E-state index in [1.54, 1.807) is 0 Å². The Morgan fingerprint density at radius 3 is 2.72 bits per heavy atom. The molecule has 160 valence electrons. The van der Waals surface area contributed by atoms with Gasteiger partial charge in [0.1, 0.15) is 6.04 Å². The lowest BCUT2D eigenvalue weighted by Crippen LogP contribution is -2.54. The number of nitrogens with zero attached hydrogens (tertiary/aromatic N) is 1. The molecular weight excluding hydrogens is 396 g/mol. The number of nitrogens with one attached hydrogen (secondary N) is 1. The van der Waals surface area contributed by atoms with E-state index < -0.39 is 16.1 Å². The molecule has 3 aliphatic rings. The number of benzene rings is 1. The summed E-state index contributed by atoms with van der Waals surface area (Å²) in [5.74, 6) is 1.22. The lowest BCUT2D eigenvalue weighted by atomic mass is 9.74. The Hall–Kier alpha value is -1.84. The fourth-order valence-electron chi connectivity index (χ4n) is 4.49. The maximum atomic E-state index is 13.0. The summed E-state index contributed by atoms with van der Waals surface area (Å²) in [7, 11) is -3.42. The van der Waals surface area contributed by atoms with Crippen LogP contribution < -0.4 is 14.8 Å². The number of ether oxygens (including phenoxy) is 3. The SMILES string of the molecule is CS(=O)(=O)N1CCCCC1C(=O)NCC1(c2ccc3c(c2)OCO3)CCOCC1. The van der Waals surface area contributed by atoms with Gasteiger partial charge in [0.05, 0.1) is 6.26 Å². The second kappa shape index (κ2) is 8.12. The number of amides is 1. The second-order valence-electron chi connectivity index (χ2n) is 8.06. The minimum Gasteiger partial charge on any atom is -0.454 e. The van der Waals surface area contributed by atoms with Crippen LogP contribution in [0.1, 0.15) is 37.7 Å². The van der Waals surface area contributed by atoms with Gasteiger partial charge in [0.25, 0.3) is 0 Å². The van der Waals surface area contributed by atoms with Crippen molar-refractivity contribution in [3.63, 3.8) is 0 Å². The molecule has 2 fully saturated rings. The van der Waals surface area contributed by atoms with Gasteiger partial charge in [-0.05, 0) is 43.4 Å². The molecule has 0 radical (unpaired) electrons. The molecule has 9 heteroatoms. The van der Waals surface area contributed by atoms with E-state index in [4.69, 9.17) is 14.2 Å². The molecule has 3 heterocycles. The average Bonchev–Trinajstić information content (AvgIpc) is 3.20. The molecule has 0 bridgehead atoms. The molecule has 3 aliphatic heterocycles. The number of piperidine rings is 1. The van der Waals surface area contributed by atoms with Gasteiger partial charge in [0.2, 0.25) is 22.7 Å². The Labute approximate surface area is 171 Å². The van der Waals surface area contributed by atoms with Crippen LogP contribution in [0.2, 0.25) is 0 Å². The maximum absolute atomic E-state index is 13.0. The first-order chi connectivity index (χ1) is 13.9. The van der Waals surface area contributed by atoms with Crippen molar-refractivity contribution in [3.8, 4) is 11.5 Å². The number of rotatable bonds is 5. The molecule has 1 aromatic rings. The molecule has 4 rings (SSSR count). The first-order valence-electron chi connectivity index (χ1n) is 10.1. The standard InChI is InChI=1S/C20H28N2O6S/c1-29(24,25)22-9-3-2-4-16(22)19(23)21-13-20(7-10-26-11-8-20)15-5-6-17-18(12-15)28-14-27-17/h5-6,12,16H,2-4,7-11,13-14H2,1H3,(H,21,23). The summed E-state index contributed by atoms with van der Waals surface area (Å²) < 4.78 is 42.1. The summed E-state index contributed by atoms with van der Waals surface area (Å²) in [5, 5.41) is 3.06. The van der Waals surface area contributed by atoms with Gasteiger partial charge in [0, 0.05) is 31.7 Å². The van der Waals surface area contributed by atoms with Crippen molar-refractivity contribution in [1.29, 1.82) is 0 Å². The number of carbonyl (C=O) groups is 1. The van der Waals surface area contributed by atoms with E-state index >= 15 is 0 Å². The van der Waals surface area contributed by atoms with Crippen LogP contribution in [0, 0.1) is 0 Å². The monoisotopic (exact) mass is 424 g/mol. The summed E-state index contributed by atoms with van der Waals surface area (Å²) in [6.45, 7) is 2.28. The van der Waals surface area contributed by atoms with Crippen molar-refractivity contribution in [1.82, 2.24) is 9.62 Å². The summed E-state index contributed by atoms with van der Waals surface area (Å²) >= 11 is 0. The predicted molar refractivity (Wildman–Crippen MR) is 106 cm³/mol. The Morgan fingerprint density at radius 1 is 1.21 bits per heavy atom. The molecule has 1 aromatic carbocycles. The van der Waals surface area contributed by atoms with Gasteiger partial charge in [-0.25, -0.2) is 8.42 Å². The molecule has 2 saturated heterocycles. The van der Waals surface area contributed by atoms with Crippen molar-refractivity contribution >= 4 is 15.9 Å². The third-order valence-corrected chi connectivity index (χ3v) is 7.51. The topological polar surface area (TPSA) is 94.2 Å². The fraction of sp³-hybridized carbons (Fsp3) is 0.650. The molecule has 1 N–H and O–H groups in total. The van der Waals surface area contributed by atoms with Crippen molar-refractivity contribution in [3.05, 3.63) is 23.8 Å². The highest BCUT2D eigenvalue weighted by Gasteiger charge is 2.39. The molecule has 29 heavy (non-hydrogen) atoms. The second-order valence-corrected chi connectivity index (χ2v) is 10.00. The van der Waals surface area contributed by atoms with Crippen molar-refractivity contribution in [2.75, 3.05) is 39.4 Å².